The summed E-state index contributed by atoms with van der Waals surface area (Å²) in [5.74, 6) is -2.75. The van der Waals surface area contributed by atoms with Crippen molar-refractivity contribution in [3.05, 3.63) is 76.9 Å². The van der Waals surface area contributed by atoms with Crippen LogP contribution in [0.2, 0.25) is 0 Å². The Bertz CT molecular complexity index is 1060. The molecule has 1 aliphatic carbocycles. The molecule has 0 unspecified atom stereocenters. The van der Waals surface area contributed by atoms with Gasteiger partial charge in [0.25, 0.3) is 0 Å². The summed E-state index contributed by atoms with van der Waals surface area (Å²) in [7, 11) is -4.92. The minimum Gasteiger partial charge on any atom is -0.466 e. The van der Waals surface area contributed by atoms with E-state index in [1.807, 2.05) is 18.2 Å². The zero-order chi connectivity index (χ0) is 21.4. The highest BCUT2D eigenvalue weighted by molar-refractivity contribution is 7.87. The van der Waals surface area contributed by atoms with Gasteiger partial charge in [0, 0.05) is 17.4 Å². The van der Waals surface area contributed by atoms with Crippen LogP contribution in [0.25, 0.3) is 5.76 Å². The van der Waals surface area contributed by atoms with Crippen molar-refractivity contribution in [1.29, 1.82) is 0 Å². The third-order valence-electron chi connectivity index (χ3n) is 4.78. The Balaban J connectivity index is 2.28. The van der Waals surface area contributed by atoms with Crippen molar-refractivity contribution < 1.29 is 35.3 Å². The summed E-state index contributed by atoms with van der Waals surface area (Å²) in [6.07, 6.45) is 0. The molecule has 0 N–H and O–H groups in total. The van der Waals surface area contributed by atoms with E-state index in [-0.39, 0.29) is 11.1 Å². The first-order chi connectivity index (χ1) is 13.6. The second kappa shape index (κ2) is 7.55. The van der Waals surface area contributed by atoms with Gasteiger partial charge in [-0.2, -0.15) is 21.6 Å². The van der Waals surface area contributed by atoms with Crippen LogP contribution in [0.15, 0.2) is 60.2 Å². The summed E-state index contributed by atoms with van der Waals surface area (Å²) in [6, 6.07) is 15.3. The Morgan fingerprint density at radius 2 is 1.59 bits per heavy atom. The van der Waals surface area contributed by atoms with Gasteiger partial charge >= 0.3 is 21.6 Å². The Kier molecular flexibility index (Phi) is 5.44. The third kappa shape index (κ3) is 3.74. The van der Waals surface area contributed by atoms with Crippen LogP contribution in [0, 0.1) is 5.92 Å². The van der Waals surface area contributed by atoms with Crippen LogP contribution in [0.1, 0.15) is 29.5 Å². The highest BCUT2D eigenvalue weighted by Gasteiger charge is 2.50. The summed E-state index contributed by atoms with van der Waals surface area (Å²) in [4.78, 5) is 12.5. The summed E-state index contributed by atoms with van der Waals surface area (Å²) in [5.41, 5.74) is -4.46. The lowest BCUT2D eigenvalue weighted by Crippen LogP contribution is -2.30. The molecular formula is C20H17F3O5S. The fourth-order valence-electron chi connectivity index (χ4n) is 3.53. The molecular weight excluding hydrogens is 409 g/mol. The molecule has 5 nitrogen and oxygen atoms in total. The van der Waals surface area contributed by atoms with Crippen molar-refractivity contribution in [1.82, 2.24) is 0 Å². The van der Waals surface area contributed by atoms with E-state index in [4.69, 9.17) is 4.74 Å². The van der Waals surface area contributed by atoms with Crippen LogP contribution in [-0.2, 0) is 23.8 Å². The van der Waals surface area contributed by atoms with Gasteiger partial charge in [0.15, 0.2) is 5.76 Å². The number of hydrogen-bond acceptors (Lipinski definition) is 5. The number of benzene rings is 2. The number of fused-ring (bicyclic) bond motifs is 1. The molecule has 29 heavy (non-hydrogen) atoms. The maximum Gasteiger partial charge on any atom is 0.534 e. The molecule has 2 aromatic rings. The van der Waals surface area contributed by atoms with Crippen molar-refractivity contribution in [2.75, 3.05) is 7.11 Å². The SMILES string of the molecule is COC(=O)C1=C(OS(=O)(=O)C(F)(F)F)c2ccccc2[C@H](c2ccccc2)[C@H]1C. The highest BCUT2D eigenvalue weighted by atomic mass is 32.2. The number of carbonyl (C=O) groups excluding carboxylic acids is 1. The molecule has 1 aliphatic rings. The first-order valence-corrected chi connectivity index (χ1v) is 9.96. The van der Waals surface area contributed by atoms with E-state index in [1.54, 1.807) is 31.2 Å². The summed E-state index contributed by atoms with van der Waals surface area (Å²) < 4.78 is 71.5. The van der Waals surface area contributed by atoms with Crippen molar-refractivity contribution in [3.8, 4) is 0 Å². The van der Waals surface area contributed by atoms with Crippen molar-refractivity contribution >= 4 is 21.8 Å². The van der Waals surface area contributed by atoms with Crippen LogP contribution >= 0.6 is 0 Å². The maximum atomic E-state index is 13.0. The van der Waals surface area contributed by atoms with Crippen LogP contribution in [0.5, 0.6) is 0 Å². The first-order valence-electron chi connectivity index (χ1n) is 8.56. The minimum absolute atomic E-state index is 0.0904. The zero-order valence-corrected chi connectivity index (χ0v) is 16.3. The molecule has 0 radical (unpaired) electrons. The molecule has 0 saturated carbocycles. The second-order valence-corrected chi connectivity index (χ2v) is 8.02. The largest absolute Gasteiger partial charge is 0.534 e. The third-order valence-corrected chi connectivity index (χ3v) is 5.73. The van der Waals surface area contributed by atoms with E-state index in [0.29, 0.717) is 5.56 Å². The highest BCUT2D eigenvalue weighted by Crippen LogP contribution is 2.47. The number of hydrogen-bond donors (Lipinski definition) is 0. The molecule has 0 aliphatic heterocycles. The molecule has 0 fully saturated rings. The van der Waals surface area contributed by atoms with Gasteiger partial charge in [0.2, 0.25) is 0 Å². The number of ether oxygens (including phenoxy) is 1. The van der Waals surface area contributed by atoms with Crippen molar-refractivity contribution in [2.24, 2.45) is 5.92 Å². The van der Waals surface area contributed by atoms with E-state index in [0.717, 1.165) is 12.7 Å². The van der Waals surface area contributed by atoms with E-state index >= 15 is 0 Å². The fourth-order valence-corrected chi connectivity index (χ4v) is 4.02. The quantitative estimate of drug-likeness (QED) is 0.416. The molecule has 2 aromatic carbocycles. The van der Waals surface area contributed by atoms with E-state index in [1.165, 1.54) is 12.1 Å². The summed E-state index contributed by atoms with van der Waals surface area (Å²) in [6.45, 7) is 1.61. The molecule has 0 bridgehead atoms. The van der Waals surface area contributed by atoms with Crippen molar-refractivity contribution in [3.63, 3.8) is 0 Å². The zero-order valence-electron chi connectivity index (χ0n) is 15.4. The van der Waals surface area contributed by atoms with Crippen LogP contribution in [0.3, 0.4) is 0 Å². The monoisotopic (exact) mass is 426 g/mol. The number of rotatable bonds is 4. The van der Waals surface area contributed by atoms with Crippen molar-refractivity contribution in [2.45, 2.75) is 18.3 Å². The first kappa shape index (κ1) is 20.9. The Morgan fingerprint density at radius 3 is 2.17 bits per heavy atom. The van der Waals surface area contributed by atoms with Gasteiger partial charge in [-0.15, -0.1) is 0 Å². The molecule has 0 saturated heterocycles. The lowest BCUT2D eigenvalue weighted by molar-refractivity contribution is -0.136. The number of halogens is 3. The maximum absolute atomic E-state index is 13.0. The van der Waals surface area contributed by atoms with Gasteiger partial charge in [0.1, 0.15) is 0 Å². The molecule has 0 spiro atoms. The predicted octanol–water partition coefficient (Wildman–Crippen LogP) is 4.22. The Hall–Kier alpha value is -2.81. The molecule has 154 valence electrons. The number of methoxy groups -OCH3 is 1. The average Bonchev–Trinajstić information content (AvgIpc) is 2.67. The van der Waals surface area contributed by atoms with Crippen LogP contribution in [0.4, 0.5) is 13.2 Å². The number of alkyl halides is 3. The minimum atomic E-state index is -5.99. The standard InChI is InChI=1S/C20H17F3O5S/c1-12-16(13-8-4-3-5-9-13)14-10-6-7-11-15(14)18(17(12)19(24)27-2)28-29(25,26)20(21,22)23/h3-12,16H,1-2H3/t12-,16+/m1/s1. The van der Waals surface area contributed by atoms with Gasteiger partial charge in [-0.3, -0.25) is 0 Å². The van der Waals surface area contributed by atoms with E-state index in [2.05, 4.69) is 4.18 Å². The predicted molar refractivity (Wildman–Crippen MR) is 98.9 cm³/mol. The van der Waals surface area contributed by atoms with Crippen LogP contribution < -0.4 is 0 Å². The topological polar surface area (TPSA) is 69.7 Å². The Labute approximate surface area is 165 Å². The molecule has 2 atom stereocenters. The van der Waals surface area contributed by atoms with Gasteiger partial charge in [-0.05, 0) is 11.1 Å². The van der Waals surface area contributed by atoms with E-state index in [9.17, 15) is 26.4 Å². The lowest BCUT2D eigenvalue weighted by atomic mass is 9.71. The molecule has 0 aromatic heterocycles. The number of carbonyl (C=O) groups is 1. The van der Waals surface area contributed by atoms with E-state index < -0.39 is 39.2 Å². The normalized spacial score (nSPS) is 19.5. The van der Waals surface area contributed by atoms with Gasteiger partial charge in [-0.1, -0.05) is 61.5 Å². The fraction of sp³-hybridized carbons (Fsp3) is 0.250. The molecule has 0 heterocycles. The van der Waals surface area contributed by atoms with Gasteiger partial charge in [0.05, 0.1) is 12.7 Å². The Morgan fingerprint density at radius 1 is 1.00 bits per heavy atom. The molecule has 0 amide bonds. The van der Waals surface area contributed by atoms with Gasteiger partial charge < -0.3 is 8.92 Å². The smallest absolute Gasteiger partial charge is 0.466 e. The van der Waals surface area contributed by atoms with Gasteiger partial charge in [-0.25, -0.2) is 4.79 Å². The second-order valence-electron chi connectivity index (χ2n) is 6.48. The molecule has 9 heteroatoms. The number of esters is 1. The molecule has 3 rings (SSSR count). The average molecular weight is 426 g/mol. The van der Waals surface area contributed by atoms with Crippen LogP contribution in [-0.4, -0.2) is 27.0 Å². The summed E-state index contributed by atoms with van der Waals surface area (Å²) in [5, 5.41) is 0. The lowest BCUT2D eigenvalue weighted by Gasteiger charge is -2.34. The summed E-state index contributed by atoms with van der Waals surface area (Å²) >= 11 is 0.